The average Bonchev–Trinajstić information content (AvgIpc) is 2.30. The molecule has 0 bridgehead atoms. The molecule has 0 saturated heterocycles. The fraction of sp³-hybridized carbons (Fsp3) is 0.727. The molecule has 7 nitrogen and oxygen atoms in total. The number of aliphatic carboxylic acids is 1. The van der Waals surface area contributed by atoms with Crippen LogP contribution in [-0.2, 0) is 14.4 Å². The van der Waals surface area contributed by atoms with Gasteiger partial charge in [0, 0.05) is 6.42 Å². The number of primary amides is 1. The molecular weight excluding hydrogens is 270 g/mol. The smallest absolute Gasteiger partial charge is 0.303 e. The first-order valence-electron chi connectivity index (χ1n) is 5.99. The normalized spacial score (nSPS) is 13.9. The second-order valence-electron chi connectivity index (χ2n) is 4.71. The zero-order valence-electron chi connectivity index (χ0n) is 11.0. The zero-order chi connectivity index (χ0) is 15.0. The summed E-state index contributed by atoms with van der Waals surface area (Å²) in [7, 11) is 0. The minimum absolute atomic E-state index is 0.0304. The Hall–Kier alpha value is -1.28. The second-order valence-corrected chi connectivity index (χ2v) is 4.97. The number of rotatable bonds is 9. The van der Waals surface area contributed by atoms with Gasteiger partial charge in [0.15, 0.2) is 0 Å². The maximum absolute atomic E-state index is 11.9. The highest BCUT2D eigenvalue weighted by Gasteiger charge is 2.24. The number of nitrogens with one attached hydrogen (secondary N) is 2. The minimum Gasteiger partial charge on any atom is -0.481 e. The summed E-state index contributed by atoms with van der Waals surface area (Å²) in [4.78, 5) is 33.5. The summed E-state index contributed by atoms with van der Waals surface area (Å²) in [5, 5.41) is 11.0. The Bertz CT molecular complexity index is 336. The van der Waals surface area contributed by atoms with E-state index in [1.54, 1.807) is 0 Å². The van der Waals surface area contributed by atoms with Crippen LogP contribution in [0.1, 0.15) is 33.1 Å². The SMILES string of the molecule is CC(C)C[C@@H](NS)C(=O)N[C@H](CCC(=O)O)C(N)=O. The molecule has 19 heavy (non-hydrogen) atoms. The van der Waals surface area contributed by atoms with Crippen molar-refractivity contribution >= 4 is 30.6 Å². The summed E-state index contributed by atoms with van der Waals surface area (Å²) in [5.41, 5.74) is 5.13. The van der Waals surface area contributed by atoms with Gasteiger partial charge in [0.2, 0.25) is 11.8 Å². The molecule has 0 saturated carbocycles. The molecule has 0 aromatic carbocycles. The van der Waals surface area contributed by atoms with Crippen molar-refractivity contribution in [3.8, 4) is 0 Å². The van der Waals surface area contributed by atoms with Gasteiger partial charge in [-0.1, -0.05) is 26.7 Å². The summed E-state index contributed by atoms with van der Waals surface area (Å²) in [5.74, 6) is -1.96. The molecule has 8 heteroatoms. The second kappa shape index (κ2) is 8.76. The Balaban J connectivity index is 4.51. The molecule has 0 aromatic heterocycles. The van der Waals surface area contributed by atoms with E-state index in [-0.39, 0.29) is 18.8 Å². The molecule has 0 aromatic rings. The third-order valence-electron chi connectivity index (χ3n) is 2.49. The Morgan fingerprint density at radius 3 is 2.21 bits per heavy atom. The summed E-state index contributed by atoms with van der Waals surface area (Å²) in [6.07, 6.45) is 0.272. The zero-order valence-corrected chi connectivity index (χ0v) is 11.9. The van der Waals surface area contributed by atoms with Crippen molar-refractivity contribution < 1.29 is 19.5 Å². The number of amides is 2. The van der Waals surface area contributed by atoms with Crippen LogP contribution in [0, 0.1) is 5.92 Å². The van der Waals surface area contributed by atoms with Crippen LogP contribution in [0.5, 0.6) is 0 Å². The first-order valence-corrected chi connectivity index (χ1v) is 6.43. The molecule has 0 fully saturated rings. The van der Waals surface area contributed by atoms with Gasteiger partial charge in [-0.15, -0.1) is 0 Å². The minimum atomic E-state index is -1.05. The lowest BCUT2D eigenvalue weighted by Gasteiger charge is -2.21. The molecule has 2 atom stereocenters. The van der Waals surface area contributed by atoms with Gasteiger partial charge in [0.25, 0.3) is 0 Å². The van der Waals surface area contributed by atoms with E-state index in [9.17, 15) is 14.4 Å². The van der Waals surface area contributed by atoms with Crippen molar-refractivity contribution in [2.75, 3.05) is 0 Å². The lowest BCUT2D eigenvalue weighted by Crippen LogP contribution is -2.50. The van der Waals surface area contributed by atoms with Crippen LogP contribution in [0.2, 0.25) is 0 Å². The quantitative estimate of drug-likeness (QED) is 0.372. The van der Waals surface area contributed by atoms with Crippen molar-refractivity contribution in [3.05, 3.63) is 0 Å². The van der Waals surface area contributed by atoms with E-state index in [1.807, 2.05) is 13.8 Å². The molecule has 110 valence electrons. The van der Waals surface area contributed by atoms with Gasteiger partial charge >= 0.3 is 5.97 Å². The lowest BCUT2D eigenvalue weighted by atomic mass is 10.0. The number of carboxylic acids is 1. The van der Waals surface area contributed by atoms with Gasteiger partial charge in [-0.05, 0) is 18.8 Å². The standard InChI is InChI=1S/C11H21N3O4S/c1-6(2)5-8(14-19)11(18)13-7(10(12)17)3-4-9(15)16/h6-8,14,19H,3-5H2,1-2H3,(H2,12,17)(H,13,18)(H,15,16)/t7-,8-/m1/s1. The number of carboxylic acid groups (broad SMARTS) is 1. The van der Waals surface area contributed by atoms with E-state index < -0.39 is 29.9 Å². The molecule has 0 aliphatic heterocycles. The van der Waals surface area contributed by atoms with Crippen LogP contribution >= 0.6 is 12.8 Å². The third-order valence-corrected chi connectivity index (χ3v) is 2.80. The molecule has 0 rings (SSSR count). The van der Waals surface area contributed by atoms with Gasteiger partial charge in [0.05, 0.1) is 6.04 Å². The van der Waals surface area contributed by atoms with Gasteiger partial charge in [-0.2, -0.15) is 0 Å². The molecule has 0 aliphatic rings. The average molecular weight is 291 g/mol. The monoisotopic (exact) mass is 291 g/mol. The number of nitrogens with two attached hydrogens (primary N) is 1. The number of hydrogen-bond acceptors (Lipinski definition) is 5. The van der Waals surface area contributed by atoms with Crippen LogP contribution in [-0.4, -0.2) is 35.0 Å². The van der Waals surface area contributed by atoms with Crippen LogP contribution in [0.4, 0.5) is 0 Å². The van der Waals surface area contributed by atoms with Crippen LogP contribution < -0.4 is 15.8 Å². The topological polar surface area (TPSA) is 122 Å². The number of carbonyl (C=O) groups is 3. The van der Waals surface area contributed by atoms with Crippen molar-refractivity contribution in [1.29, 1.82) is 0 Å². The number of hydrogen-bond donors (Lipinski definition) is 5. The van der Waals surface area contributed by atoms with Crippen LogP contribution in [0.15, 0.2) is 0 Å². The van der Waals surface area contributed by atoms with Gasteiger partial charge in [-0.25, -0.2) is 0 Å². The predicted molar refractivity (Wildman–Crippen MR) is 73.4 cm³/mol. The molecule has 2 amide bonds. The summed E-state index contributed by atoms with van der Waals surface area (Å²) < 4.78 is 2.56. The molecule has 0 heterocycles. The Kier molecular flexibility index (Phi) is 8.17. The summed E-state index contributed by atoms with van der Waals surface area (Å²) in [6, 6.07) is -1.55. The fourth-order valence-electron chi connectivity index (χ4n) is 1.52. The van der Waals surface area contributed by atoms with Crippen LogP contribution in [0.3, 0.4) is 0 Å². The fourth-order valence-corrected chi connectivity index (χ4v) is 1.74. The van der Waals surface area contributed by atoms with Gasteiger partial charge in [0.1, 0.15) is 6.04 Å². The van der Waals surface area contributed by atoms with Gasteiger partial charge < -0.3 is 16.2 Å². The molecule has 0 unspecified atom stereocenters. The van der Waals surface area contributed by atoms with E-state index in [2.05, 4.69) is 22.9 Å². The van der Waals surface area contributed by atoms with E-state index in [0.29, 0.717) is 6.42 Å². The van der Waals surface area contributed by atoms with Crippen molar-refractivity contribution in [3.63, 3.8) is 0 Å². The maximum Gasteiger partial charge on any atom is 0.303 e. The van der Waals surface area contributed by atoms with E-state index in [0.717, 1.165) is 0 Å². The highest BCUT2D eigenvalue weighted by molar-refractivity contribution is 7.78. The summed E-state index contributed by atoms with van der Waals surface area (Å²) >= 11 is 3.87. The third kappa shape index (κ3) is 7.68. The van der Waals surface area contributed by atoms with Crippen LogP contribution in [0.25, 0.3) is 0 Å². The van der Waals surface area contributed by atoms with E-state index in [4.69, 9.17) is 10.8 Å². The largest absolute Gasteiger partial charge is 0.481 e. The number of carbonyl (C=O) groups excluding carboxylic acids is 2. The van der Waals surface area contributed by atoms with E-state index in [1.165, 1.54) is 0 Å². The van der Waals surface area contributed by atoms with Crippen molar-refractivity contribution in [2.45, 2.75) is 45.2 Å². The molecule has 0 radical (unpaired) electrons. The lowest BCUT2D eigenvalue weighted by molar-refractivity contribution is -0.137. The maximum atomic E-state index is 11.9. The molecule has 0 aliphatic carbocycles. The molecular formula is C11H21N3O4S. The Labute approximate surface area is 117 Å². The van der Waals surface area contributed by atoms with Crippen molar-refractivity contribution in [2.24, 2.45) is 11.7 Å². The highest BCUT2D eigenvalue weighted by atomic mass is 32.1. The Morgan fingerprint density at radius 2 is 1.84 bits per heavy atom. The first-order chi connectivity index (χ1) is 8.77. The molecule has 0 spiro atoms. The van der Waals surface area contributed by atoms with Gasteiger partial charge in [-0.3, -0.25) is 19.1 Å². The molecule has 5 N–H and O–H groups in total. The number of thiol groups is 1. The Morgan fingerprint density at radius 1 is 1.26 bits per heavy atom. The summed E-state index contributed by atoms with van der Waals surface area (Å²) in [6.45, 7) is 3.89. The van der Waals surface area contributed by atoms with Crippen molar-refractivity contribution in [1.82, 2.24) is 10.0 Å². The predicted octanol–water partition coefficient (Wildman–Crippen LogP) is -0.330. The highest BCUT2D eigenvalue weighted by Crippen LogP contribution is 2.06. The van der Waals surface area contributed by atoms with E-state index >= 15 is 0 Å². The first kappa shape index (κ1) is 17.7.